The van der Waals surface area contributed by atoms with Crippen LogP contribution >= 0.6 is 0 Å². The Kier molecular flexibility index (Phi) is 5.26. The van der Waals surface area contributed by atoms with E-state index >= 15 is 0 Å². The quantitative estimate of drug-likeness (QED) is 0.824. The number of nitrogens with zero attached hydrogens (tertiary/aromatic N) is 3. The zero-order valence-corrected chi connectivity index (χ0v) is 14.3. The number of pyridine rings is 1. The van der Waals surface area contributed by atoms with Crippen molar-refractivity contribution in [3.8, 4) is 0 Å². The molecule has 0 fully saturated rings. The van der Waals surface area contributed by atoms with Crippen molar-refractivity contribution in [2.24, 2.45) is 0 Å². The average Bonchev–Trinajstić information content (AvgIpc) is 2.94. The molecule has 0 aliphatic heterocycles. The van der Waals surface area contributed by atoms with Crippen molar-refractivity contribution in [3.05, 3.63) is 46.5 Å². The van der Waals surface area contributed by atoms with E-state index in [1.807, 2.05) is 19.1 Å². The summed E-state index contributed by atoms with van der Waals surface area (Å²) in [5.74, 6) is -0.567. The fourth-order valence-electron chi connectivity index (χ4n) is 3.07. The standard InChI is InChI=1S/C17H19F3N4O2/c1-11-5-4-6-12(21-11)10-26-23-15(25)9-24-14-8-3-2-7-13(14)16(22-24)17(18,19)20/h4-6H,2-3,7-10H2,1H3,(H,23,25). The van der Waals surface area contributed by atoms with Crippen molar-refractivity contribution in [2.45, 2.75) is 51.9 Å². The van der Waals surface area contributed by atoms with Gasteiger partial charge >= 0.3 is 6.18 Å². The van der Waals surface area contributed by atoms with Crippen LogP contribution in [-0.2, 0) is 41.8 Å². The predicted octanol–water partition coefficient (Wildman–Crippen LogP) is 2.73. The summed E-state index contributed by atoms with van der Waals surface area (Å²) in [4.78, 5) is 21.3. The highest BCUT2D eigenvalue weighted by molar-refractivity contribution is 5.74. The number of fused-ring (bicyclic) bond motifs is 1. The summed E-state index contributed by atoms with van der Waals surface area (Å²) in [6.07, 6.45) is -2.22. The molecule has 1 aliphatic rings. The lowest BCUT2D eigenvalue weighted by atomic mass is 9.95. The lowest BCUT2D eigenvalue weighted by Gasteiger charge is -2.14. The zero-order valence-electron chi connectivity index (χ0n) is 14.3. The normalized spacial score (nSPS) is 14.2. The van der Waals surface area contributed by atoms with Gasteiger partial charge in [-0.2, -0.15) is 18.3 Å². The van der Waals surface area contributed by atoms with Gasteiger partial charge in [-0.1, -0.05) is 6.07 Å². The number of hydroxylamine groups is 1. The average molecular weight is 368 g/mol. The van der Waals surface area contributed by atoms with Crippen molar-refractivity contribution in [1.82, 2.24) is 20.2 Å². The van der Waals surface area contributed by atoms with E-state index in [2.05, 4.69) is 15.6 Å². The second kappa shape index (κ2) is 7.45. The number of hydrogen-bond acceptors (Lipinski definition) is 4. The summed E-state index contributed by atoms with van der Waals surface area (Å²) in [6.45, 7) is 1.58. The number of aryl methyl sites for hydroxylation is 1. The smallest absolute Gasteiger partial charge is 0.271 e. The van der Waals surface area contributed by atoms with Gasteiger partial charge in [-0.05, 0) is 44.7 Å². The number of halogens is 3. The van der Waals surface area contributed by atoms with Gasteiger partial charge in [0.1, 0.15) is 13.2 Å². The third-order valence-corrected chi connectivity index (χ3v) is 4.17. The summed E-state index contributed by atoms with van der Waals surface area (Å²) in [6, 6.07) is 5.40. The molecule has 2 heterocycles. The van der Waals surface area contributed by atoms with Gasteiger partial charge in [-0.3, -0.25) is 19.3 Å². The van der Waals surface area contributed by atoms with Gasteiger partial charge in [-0.25, -0.2) is 5.48 Å². The third kappa shape index (κ3) is 4.21. The van der Waals surface area contributed by atoms with Crippen molar-refractivity contribution in [1.29, 1.82) is 0 Å². The Labute approximate surface area is 148 Å². The Morgan fingerprint density at radius 2 is 2.08 bits per heavy atom. The van der Waals surface area contributed by atoms with E-state index in [4.69, 9.17) is 4.84 Å². The van der Waals surface area contributed by atoms with E-state index < -0.39 is 17.8 Å². The number of nitrogens with one attached hydrogen (secondary N) is 1. The summed E-state index contributed by atoms with van der Waals surface area (Å²) in [5.41, 5.74) is 3.50. The molecule has 6 nitrogen and oxygen atoms in total. The molecule has 26 heavy (non-hydrogen) atoms. The highest BCUT2D eigenvalue weighted by atomic mass is 19.4. The van der Waals surface area contributed by atoms with Gasteiger partial charge in [-0.15, -0.1) is 0 Å². The Hall–Kier alpha value is -2.42. The number of hydrogen-bond donors (Lipinski definition) is 1. The lowest BCUT2D eigenvalue weighted by molar-refractivity contribution is -0.143. The summed E-state index contributed by atoms with van der Waals surface area (Å²) in [7, 11) is 0. The highest BCUT2D eigenvalue weighted by Gasteiger charge is 2.39. The first-order valence-corrected chi connectivity index (χ1v) is 8.33. The minimum absolute atomic E-state index is 0.0679. The van der Waals surface area contributed by atoms with E-state index in [0.717, 1.165) is 16.8 Å². The van der Waals surface area contributed by atoms with Gasteiger partial charge in [0.2, 0.25) is 0 Å². The predicted molar refractivity (Wildman–Crippen MR) is 85.8 cm³/mol. The van der Waals surface area contributed by atoms with E-state index in [9.17, 15) is 18.0 Å². The number of aromatic nitrogens is 3. The molecule has 0 spiro atoms. The van der Waals surface area contributed by atoms with E-state index in [0.29, 0.717) is 30.7 Å². The first kappa shape index (κ1) is 18.4. The summed E-state index contributed by atoms with van der Waals surface area (Å²) < 4.78 is 40.6. The molecule has 1 N–H and O–H groups in total. The second-order valence-corrected chi connectivity index (χ2v) is 6.22. The molecular formula is C17H19F3N4O2. The van der Waals surface area contributed by atoms with Gasteiger partial charge in [0.15, 0.2) is 5.69 Å². The van der Waals surface area contributed by atoms with Crippen LogP contribution in [0.3, 0.4) is 0 Å². The van der Waals surface area contributed by atoms with Gasteiger partial charge in [0.05, 0.1) is 5.69 Å². The maximum atomic E-state index is 13.1. The maximum Gasteiger partial charge on any atom is 0.435 e. The number of rotatable bonds is 5. The monoisotopic (exact) mass is 368 g/mol. The molecule has 9 heteroatoms. The molecule has 0 bridgehead atoms. The molecule has 0 saturated heterocycles. The Morgan fingerprint density at radius 1 is 1.31 bits per heavy atom. The number of amides is 1. The van der Waals surface area contributed by atoms with E-state index in [1.54, 1.807) is 6.07 Å². The van der Waals surface area contributed by atoms with Gasteiger partial charge < -0.3 is 0 Å². The van der Waals surface area contributed by atoms with Crippen molar-refractivity contribution in [2.75, 3.05) is 0 Å². The SMILES string of the molecule is Cc1cccc(CONC(=O)Cn2nc(C(F)(F)F)c3c2CCCC3)n1. The van der Waals surface area contributed by atoms with Crippen molar-refractivity contribution < 1.29 is 22.8 Å². The van der Waals surface area contributed by atoms with Gasteiger partial charge in [0.25, 0.3) is 5.91 Å². The van der Waals surface area contributed by atoms with Crippen LogP contribution in [0.1, 0.15) is 41.2 Å². The topological polar surface area (TPSA) is 69.0 Å². The minimum atomic E-state index is -4.52. The van der Waals surface area contributed by atoms with Crippen LogP contribution in [0.2, 0.25) is 0 Å². The van der Waals surface area contributed by atoms with Gasteiger partial charge in [0, 0.05) is 17.0 Å². The molecule has 1 amide bonds. The molecule has 0 atom stereocenters. The molecule has 0 saturated carbocycles. The first-order chi connectivity index (χ1) is 12.3. The Balaban J connectivity index is 1.63. The van der Waals surface area contributed by atoms with Crippen LogP contribution in [0.5, 0.6) is 0 Å². The lowest BCUT2D eigenvalue weighted by Crippen LogP contribution is -2.29. The number of carbonyl (C=O) groups is 1. The molecule has 1 aliphatic carbocycles. The van der Waals surface area contributed by atoms with Crippen LogP contribution in [0.25, 0.3) is 0 Å². The molecule has 0 radical (unpaired) electrons. The molecule has 2 aromatic heterocycles. The van der Waals surface area contributed by atoms with Crippen LogP contribution in [-0.4, -0.2) is 20.7 Å². The summed E-state index contributed by atoms with van der Waals surface area (Å²) >= 11 is 0. The largest absolute Gasteiger partial charge is 0.435 e. The van der Waals surface area contributed by atoms with E-state index in [-0.39, 0.29) is 18.7 Å². The van der Waals surface area contributed by atoms with Crippen LogP contribution in [0.4, 0.5) is 13.2 Å². The first-order valence-electron chi connectivity index (χ1n) is 8.33. The van der Waals surface area contributed by atoms with Crippen molar-refractivity contribution in [3.63, 3.8) is 0 Å². The van der Waals surface area contributed by atoms with Crippen LogP contribution in [0, 0.1) is 6.92 Å². The minimum Gasteiger partial charge on any atom is -0.271 e. The summed E-state index contributed by atoms with van der Waals surface area (Å²) in [5, 5.41) is 3.64. The third-order valence-electron chi connectivity index (χ3n) is 4.17. The molecule has 0 unspecified atom stereocenters. The number of alkyl halides is 3. The molecular weight excluding hydrogens is 349 g/mol. The second-order valence-electron chi connectivity index (χ2n) is 6.22. The highest BCUT2D eigenvalue weighted by Crippen LogP contribution is 2.35. The Morgan fingerprint density at radius 3 is 2.81 bits per heavy atom. The fourth-order valence-corrected chi connectivity index (χ4v) is 3.07. The van der Waals surface area contributed by atoms with E-state index in [1.165, 1.54) is 0 Å². The van der Waals surface area contributed by atoms with Crippen molar-refractivity contribution >= 4 is 5.91 Å². The molecule has 2 aromatic rings. The van der Waals surface area contributed by atoms with Crippen LogP contribution in [0.15, 0.2) is 18.2 Å². The zero-order chi connectivity index (χ0) is 18.7. The number of carbonyl (C=O) groups excluding carboxylic acids is 1. The fraction of sp³-hybridized carbons (Fsp3) is 0.471. The molecule has 140 valence electrons. The molecule has 3 rings (SSSR count). The Bertz CT molecular complexity index is 802. The van der Waals surface area contributed by atoms with Crippen LogP contribution < -0.4 is 5.48 Å². The maximum absolute atomic E-state index is 13.1. The molecule has 0 aromatic carbocycles.